The van der Waals surface area contributed by atoms with Crippen molar-refractivity contribution >= 4 is 0 Å². The molecule has 0 saturated heterocycles. The summed E-state index contributed by atoms with van der Waals surface area (Å²) in [5, 5.41) is 22.6. The van der Waals surface area contributed by atoms with Gasteiger partial charge in [-0.2, -0.15) is 5.26 Å². The number of nitrogens with one attached hydrogen (secondary N) is 1. The number of halogens is 1. The molecular weight excluding hydrogens is 295 g/mol. The van der Waals surface area contributed by atoms with E-state index < -0.39 is 6.10 Å². The molecule has 0 aliphatic carbocycles. The summed E-state index contributed by atoms with van der Waals surface area (Å²) in [6.45, 7) is 2.35. The Kier molecular flexibility index (Phi) is 5.69. The normalized spacial score (nSPS) is 13.2. The summed E-state index contributed by atoms with van der Waals surface area (Å²) >= 11 is 0. The van der Waals surface area contributed by atoms with Gasteiger partial charge >= 0.3 is 0 Å². The number of aliphatic hydroxyl groups is 1. The van der Waals surface area contributed by atoms with Crippen LogP contribution in [0.2, 0.25) is 0 Å². The van der Waals surface area contributed by atoms with Gasteiger partial charge in [0.05, 0.1) is 18.8 Å². The molecule has 2 rings (SSSR count). The molecule has 23 heavy (non-hydrogen) atoms. The van der Waals surface area contributed by atoms with Crippen molar-refractivity contribution in [3.63, 3.8) is 0 Å². The highest BCUT2D eigenvalue weighted by Gasteiger charge is 2.16. The van der Waals surface area contributed by atoms with Crippen LogP contribution in [0.5, 0.6) is 5.75 Å². The van der Waals surface area contributed by atoms with Crippen molar-refractivity contribution in [2.24, 2.45) is 0 Å². The van der Waals surface area contributed by atoms with Crippen LogP contribution < -0.4 is 10.1 Å². The zero-order valence-electron chi connectivity index (χ0n) is 13.1. The van der Waals surface area contributed by atoms with E-state index in [0.29, 0.717) is 23.4 Å². The van der Waals surface area contributed by atoms with Crippen molar-refractivity contribution in [1.82, 2.24) is 5.32 Å². The summed E-state index contributed by atoms with van der Waals surface area (Å²) in [5.74, 6) is 0.208. The largest absolute Gasteiger partial charge is 0.495 e. The molecule has 4 nitrogen and oxygen atoms in total. The second kappa shape index (κ2) is 7.73. The Hall–Kier alpha value is -2.42. The highest BCUT2D eigenvalue weighted by molar-refractivity contribution is 5.45. The number of methoxy groups -OCH3 is 1. The fraction of sp³-hybridized carbons (Fsp3) is 0.278. The topological polar surface area (TPSA) is 65.3 Å². The monoisotopic (exact) mass is 314 g/mol. The van der Waals surface area contributed by atoms with Crippen molar-refractivity contribution < 1.29 is 14.2 Å². The molecule has 0 bridgehead atoms. The van der Waals surface area contributed by atoms with Gasteiger partial charge in [-0.05, 0) is 42.3 Å². The number of nitriles is 1. The molecule has 0 saturated carbocycles. The van der Waals surface area contributed by atoms with Crippen LogP contribution in [0.1, 0.15) is 29.7 Å². The molecule has 0 aliphatic rings. The van der Waals surface area contributed by atoms with Gasteiger partial charge in [-0.15, -0.1) is 0 Å². The van der Waals surface area contributed by atoms with Crippen LogP contribution in [0, 0.1) is 17.1 Å². The first-order valence-electron chi connectivity index (χ1n) is 7.29. The second-order valence-electron chi connectivity index (χ2n) is 5.31. The van der Waals surface area contributed by atoms with Crippen molar-refractivity contribution in [3.8, 4) is 11.8 Å². The van der Waals surface area contributed by atoms with Gasteiger partial charge < -0.3 is 15.2 Å². The van der Waals surface area contributed by atoms with Gasteiger partial charge in [0.2, 0.25) is 0 Å². The van der Waals surface area contributed by atoms with Crippen molar-refractivity contribution in [2.75, 3.05) is 7.11 Å². The third-order valence-electron chi connectivity index (χ3n) is 3.70. The van der Waals surface area contributed by atoms with E-state index in [1.54, 1.807) is 24.3 Å². The minimum Gasteiger partial charge on any atom is -0.495 e. The first-order chi connectivity index (χ1) is 11.0. The van der Waals surface area contributed by atoms with Gasteiger partial charge in [0.1, 0.15) is 17.6 Å². The van der Waals surface area contributed by atoms with E-state index in [4.69, 9.17) is 10.00 Å². The van der Waals surface area contributed by atoms with E-state index in [9.17, 15) is 9.50 Å². The highest BCUT2D eigenvalue weighted by Crippen LogP contribution is 2.20. The molecule has 0 aliphatic heterocycles. The standard InChI is InChI=1S/C18H19FN2O2/c1-12(18(22)14-4-6-16(19)7-5-14)21-11-13-3-8-17(23-2)15(9-13)10-20/h3-9,12,18,21-22H,11H2,1-2H3. The Morgan fingerprint density at radius 1 is 1.26 bits per heavy atom. The maximum absolute atomic E-state index is 12.9. The van der Waals surface area contributed by atoms with Crippen molar-refractivity contribution in [1.29, 1.82) is 5.26 Å². The molecule has 0 spiro atoms. The molecule has 2 aromatic carbocycles. The molecule has 2 atom stereocenters. The smallest absolute Gasteiger partial charge is 0.136 e. The molecule has 0 fully saturated rings. The Labute approximate surface area is 135 Å². The average Bonchev–Trinajstić information content (AvgIpc) is 2.59. The van der Waals surface area contributed by atoms with Gasteiger partial charge in [0.25, 0.3) is 0 Å². The van der Waals surface area contributed by atoms with E-state index in [1.165, 1.54) is 19.2 Å². The number of rotatable bonds is 6. The van der Waals surface area contributed by atoms with Gasteiger partial charge in [-0.1, -0.05) is 18.2 Å². The molecule has 5 heteroatoms. The first-order valence-corrected chi connectivity index (χ1v) is 7.29. The minimum absolute atomic E-state index is 0.229. The number of aliphatic hydroxyl groups excluding tert-OH is 1. The molecule has 2 unspecified atom stereocenters. The van der Waals surface area contributed by atoms with Crippen LogP contribution in [0.25, 0.3) is 0 Å². The van der Waals surface area contributed by atoms with Crippen LogP contribution >= 0.6 is 0 Å². The van der Waals surface area contributed by atoms with Crippen molar-refractivity contribution in [2.45, 2.75) is 25.6 Å². The summed E-state index contributed by atoms with van der Waals surface area (Å²) < 4.78 is 18.0. The van der Waals surface area contributed by atoms with E-state index >= 15 is 0 Å². The van der Waals surface area contributed by atoms with Crippen molar-refractivity contribution in [3.05, 3.63) is 65.0 Å². The molecule has 2 N–H and O–H groups in total. The number of benzene rings is 2. The first kappa shape index (κ1) is 16.9. The lowest BCUT2D eigenvalue weighted by atomic mass is 10.0. The second-order valence-corrected chi connectivity index (χ2v) is 5.31. The Bertz CT molecular complexity index is 695. The Morgan fingerprint density at radius 3 is 2.57 bits per heavy atom. The fourth-order valence-electron chi connectivity index (χ4n) is 2.29. The summed E-state index contributed by atoms with van der Waals surface area (Å²) in [4.78, 5) is 0. The third kappa shape index (κ3) is 4.28. The molecule has 0 amide bonds. The van der Waals surface area contributed by atoms with Gasteiger partial charge in [0, 0.05) is 12.6 Å². The van der Waals surface area contributed by atoms with Crippen LogP contribution in [0.4, 0.5) is 4.39 Å². The number of nitrogens with zero attached hydrogens (tertiary/aromatic N) is 1. The molecule has 2 aromatic rings. The average molecular weight is 314 g/mol. The summed E-state index contributed by atoms with van der Waals surface area (Å²) in [6.07, 6.45) is -0.746. The number of ether oxygens (including phenoxy) is 1. The lowest BCUT2D eigenvalue weighted by Crippen LogP contribution is -2.31. The van der Waals surface area contributed by atoms with Gasteiger partial charge in [-0.3, -0.25) is 0 Å². The Morgan fingerprint density at radius 2 is 1.96 bits per heavy atom. The van der Waals surface area contributed by atoms with Gasteiger partial charge in [-0.25, -0.2) is 4.39 Å². The Balaban J connectivity index is 2.00. The van der Waals surface area contributed by atoms with E-state index in [2.05, 4.69) is 11.4 Å². The van der Waals surface area contributed by atoms with E-state index in [-0.39, 0.29) is 11.9 Å². The zero-order chi connectivity index (χ0) is 16.8. The quantitative estimate of drug-likeness (QED) is 0.860. The number of hydrogen-bond donors (Lipinski definition) is 2. The minimum atomic E-state index is -0.746. The van der Waals surface area contributed by atoms with Crippen LogP contribution in [0.15, 0.2) is 42.5 Å². The summed E-state index contributed by atoms with van der Waals surface area (Å²) in [6, 6.07) is 13.0. The third-order valence-corrected chi connectivity index (χ3v) is 3.70. The lowest BCUT2D eigenvalue weighted by molar-refractivity contribution is 0.135. The molecule has 0 aromatic heterocycles. The fourth-order valence-corrected chi connectivity index (χ4v) is 2.29. The van der Waals surface area contributed by atoms with Gasteiger partial charge in [0.15, 0.2) is 0 Å². The maximum atomic E-state index is 12.9. The summed E-state index contributed by atoms with van der Waals surface area (Å²) in [5.41, 5.74) is 2.04. The predicted molar refractivity (Wildman–Crippen MR) is 85.4 cm³/mol. The summed E-state index contributed by atoms with van der Waals surface area (Å²) in [7, 11) is 1.52. The highest BCUT2D eigenvalue weighted by atomic mass is 19.1. The van der Waals surface area contributed by atoms with Crippen LogP contribution in [0.3, 0.4) is 0 Å². The zero-order valence-corrected chi connectivity index (χ0v) is 13.1. The maximum Gasteiger partial charge on any atom is 0.136 e. The SMILES string of the molecule is COc1ccc(CNC(C)C(O)c2ccc(F)cc2)cc1C#N. The van der Waals surface area contributed by atoms with Crippen LogP contribution in [-0.2, 0) is 6.54 Å². The molecule has 0 heterocycles. The lowest BCUT2D eigenvalue weighted by Gasteiger charge is -2.21. The van der Waals surface area contributed by atoms with E-state index in [0.717, 1.165) is 5.56 Å². The molecular formula is C18H19FN2O2. The van der Waals surface area contributed by atoms with E-state index in [1.807, 2.05) is 13.0 Å². The molecule has 0 radical (unpaired) electrons. The van der Waals surface area contributed by atoms with Crippen LogP contribution in [-0.4, -0.2) is 18.3 Å². The number of hydrogen-bond acceptors (Lipinski definition) is 4. The predicted octanol–water partition coefficient (Wildman–Crippen LogP) is 2.92. The molecule has 120 valence electrons.